The molecule has 1 saturated heterocycles. The number of nitrogens with one attached hydrogen (secondary N) is 1. The van der Waals surface area contributed by atoms with Crippen molar-refractivity contribution in [3.8, 4) is 22.8 Å². The SMILES string of the molecule is Cc1ccc(-c2cc(C(=O)NCc3ccc4c(c3)OCO4)nn2C2CCS(=O)(=O)C2)cc1C. The Morgan fingerprint density at radius 2 is 1.91 bits per heavy atom. The minimum atomic E-state index is -3.10. The lowest BCUT2D eigenvalue weighted by atomic mass is 10.0. The number of sulfone groups is 1. The summed E-state index contributed by atoms with van der Waals surface area (Å²) in [7, 11) is -3.10. The smallest absolute Gasteiger partial charge is 0.272 e. The number of aryl methyl sites for hydroxylation is 2. The fourth-order valence-electron chi connectivity index (χ4n) is 4.19. The van der Waals surface area contributed by atoms with Gasteiger partial charge in [0.2, 0.25) is 6.79 Å². The monoisotopic (exact) mass is 467 g/mol. The molecule has 0 spiro atoms. The van der Waals surface area contributed by atoms with Crippen LogP contribution in [-0.2, 0) is 16.4 Å². The van der Waals surface area contributed by atoms with E-state index in [1.54, 1.807) is 10.7 Å². The highest BCUT2D eigenvalue weighted by atomic mass is 32.2. The second-order valence-corrected chi connectivity index (χ2v) is 10.8. The van der Waals surface area contributed by atoms with Crippen molar-refractivity contribution in [2.45, 2.75) is 32.9 Å². The molecule has 1 fully saturated rings. The first-order valence-corrected chi connectivity index (χ1v) is 12.7. The molecule has 2 aromatic carbocycles. The first kappa shape index (κ1) is 21.5. The summed E-state index contributed by atoms with van der Waals surface area (Å²) in [5, 5.41) is 7.45. The van der Waals surface area contributed by atoms with Gasteiger partial charge >= 0.3 is 0 Å². The zero-order valence-corrected chi connectivity index (χ0v) is 19.3. The van der Waals surface area contributed by atoms with Gasteiger partial charge in [-0.1, -0.05) is 18.2 Å². The van der Waals surface area contributed by atoms with Crippen LogP contribution in [0, 0.1) is 13.8 Å². The van der Waals surface area contributed by atoms with E-state index < -0.39 is 9.84 Å². The molecule has 172 valence electrons. The Morgan fingerprint density at radius 1 is 1.09 bits per heavy atom. The number of ether oxygens (including phenoxy) is 2. The van der Waals surface area contributed by atoms with Crippen LogP contribution in [0.15, 0.2) is 42.5 Å². The Balaban J connectivity index is 1.42. The molecule has 9 heteroatoms. The summed E-state index contributed by atoms with van der Waals surface area (Å²) in [5.41, 5.74) is 5.07. The van der Waals surface area contributed by atoms with E-state index in [9.17, 15) is 13.2 Å². The van der Waals surface area contributed by atoms with Gasteiger partial charge < -0.3 is 14.8 Å². The molecule has 3 aromatic rings. The third kappa shape index (κ3) is 4.32. The number of fused-ring (bicyclic) bond motifs is 1. The van der Waals surface area contributed by atoms with Crippen LogP contribution < -0.4 is 14.8 Å². The summed E-state index contributed by atoms with van der Waals surface area (Å²) in [6.45, 7) is 4.56. The van der Waals surface area contributed by atoms with Gasteiger partial charge in [0.05, 0.1) is 23.2 Å². The lowest BCUT2D eigenvalue weighted by Gasteiger charge is -2.14. The fraction of sp³-hybridized carbons (Fsp3) is 0.333. The van der Waals surface area contributed by atoms with Gasteiger partial charge in [-0.3, -0.25) is 9.48 Å². The van der Waals surface area contributed by atoms with Gasteiger partial charge in [0.1, 0.15) is 0 Å². The predicted octanol–water partition coefficient (Wildman–Crippen LogP) is 3.19. The summed E-state index contributed by atoms with van der Waals surface area (Å²) in [4.78, 5) is 13.0. The molecule has 8 nitrogen and oxygen atoms in total. The van der Waals surface area contributed by atoms with E-state index in [0.717, 1.165) is 27.9 Å². The van der Waals surface area contributed by atoms with E-state index >= 15 is 0 Å². The van der Waals surface area contributed by atoms with Crippen molar-refractivity contribution >= 4 is 15.7 Å². The first-order chi connectivity index (χ1) is 15.8. The van der Waals surface area contributed by atoms with Crippen molar-refractivity contribution in [1.29, 1.82) is 0 Å². The van der Waals surface area contributed by atoms with Gasteiger partial charge in [0, 0.05) is 12.1 Å². The van der Waals surface area contributed by atoms with Crippen LogP contribution >= 0.6 is 0 Å². The van der Waals surface area contributed by atoms with Crippen molar-refractivity contribution < 1.29 is 22.7 Å². The van der Waals surface area contributed by atoms with Crippen molar-refractivity contribution in [2.24, 2.45) is 0 Å². The van der Waals surface area contributed by atoms with Crippen LogP contribution in [0.2, 0.25) is 0 Å². The normalized spacial score (nSPS) is 18.4. The summed E-state index contributed by atoms with van der Waals surface area (Å²) in [6, 6.07) is 13.0. The molecular weight excluding hydrogens is 442 g/mol. The van der Waals surface area contributed by atoms with E-state index in [1.807, 2.05) is 50.2 Å². The topological polar surface area (TPSA) is 99.5 Å². The number of hydrogen-bond acceptors (Lipinski definition) is 6. The van der Waals surface area contributed by atoms with Gasteiger partial charge in [0.15, 0.2) is 27.0 Å². The van der Waals surface area contributed by atoms with Crippen LogP contribution in [0.1, 0.15) is 39.6 Å². The highest BCUT2D eigenvalue weighted by molar-refractivity contribution is 7.91. The number of aromatic nitrogens is 2. The maximum Gasteiger partial charge on any atom is 0.272 e. The quantitative estimate of drug-likeness (QED) is 0.619. The first-order valence-electron chi connectivity index (χ1n) is 10.8. The number of hydrogen-bond donors (Lipinski definition) is 1. The van der Waals surface area contributed by atoms with Crippen LogP contribution in [0.5, 0.6) is 11.5 Å². The summed E-state index contributed by atoms with van der Waals surface area (Å²) >= 11 is 0. The van der Waals surface area contributed by atoms with Gasteiger partial charge in [-0.05, 0) is 61.2 Å². The lowest BCUT2D eigenvalue weighted by Crippen LogP contribution is -2.24. The van der Waals surface area contributed by atoms with Crippen molar-refractivity contribution in [1.82, 2.24) is 15.1 Å². The van der Waals surface area contributed by atoms with E-state index in [-0.39, 0.29) is 35.9 Å². The number of amides is 1. The average molecular weight is 468 g/mol. The predicted molar refractivity (Wildman–Crippen MR) is 123 cm³/mol. The van der Waals surface area contributed by atoms with Gasteiger partial charge in [-0.15, -0.1) is 0 Å². The second-order valence-electron chi connectivity index (χ2n) is 8.59. The standard InChI is InChI=1S/C24H25N3O5S/c1-15-3-5-18(9-16(15)2)21-11-20(26-27(21)19-7-8-33(29,30)13-19)24(28)25-12-17-4-6-22-23(10-17)32-14-31-22/h3-6,9-11,19H,7-8,12-14H2,1-2H3,(H,25,28). The molecule has 1 unspecified atom stereocenters. The van der Waals surface area contributed by atoms with Gasteiger partial charge in [-0.2, -0.15) is 5.10 Å². The highest BCUT2D eigenvalue weighted by Crippen LogP contribution is 2.33. The van der Waals surface area contributed by atoms with Crippen LogP contribution in [0.25, 0.3) is 11.3 Å². The minimum absolute atomic E-state index is 0.0325. The van der Waals surface area contributed by atoms with Gasteiger partial charge in [0.25, 0.3) is 5.91 Å². The average Bonchev–Trinajstić information content (AvgIpc) is 3.51. The molecule has 1 atom stereocenters. The van der Waals surface area contributed by atoms with Crippen molar-refractivity contribution in [2.75, 3.05) is 18.3 Å². The molecule has 0 aliphatic carbocycles. The second kappa shape index (κ2) is 8.22. The largest absolute Gasteiger partial charge is 0.454 e. The van der Waals surface area contributed by atoms with Crippen molar-refractivity contribution in [3.63, 3.8) is 0 Å². The maximum atomic E-state index is 13.0. The third-order valence-corrected chi connectivity index (χ3v) is 7.97. The molecule has 0 bridgehead atoms. The molecule has 3 heterocycles. The summed E-state index contributed by atoms with van der Waals surface area (Å²) in [6.07, 6.45) is 0.486. The van der Waals surface area contributed by atoms with E-state index in [4.69, 9.17) is 9.47 Å². The molecular formula is C24H25N3O5S. The Hall–Kier alpha value is -3.33. The Bertz CT molecular complexity index is 1350. The molecule has 33 heavy (non-hydrogen) atoms. The number of benzene rings is 2. The molecule has 1 amide bonds. The molecule has 2 aliphatic heterocycles. The van der Waals surface area contributed by atoms with E-state index in [2.05, 4.69) is 10.4 Å². The minimum Gasteiger partial charge on any atom is -0.454 e. The third-order valence-electron chi connectivity index (χ3n) is 6.22. The Morgan fingerprint density at radius 3 is 2.67 bits per heavy atom. The molecule has 5 rings (SSSR count). The molecule has 1 aromatic heterocycles. The highest BCUT2D eigenvalue weighted by Gasteiger charge is 2.32. The number of carbonyl (C=O) groups excluding carboxylic acids is 1. The summed E-state index contributed by atoms with van der Waals surface area (Å²) in [5.74, 6) is 1.19. The van der Waals surface area contributed by atoms with E-state index in [1.165, 1.54) is 0 Å². The maximum absolute atomic E-state index is 13.0. The fourth-order valence-corrected chi connectivity index (χ4v) is 5.88. The number of rotatable bonds is 5. The van der Waals surface area contributed by atoms with E-state index in [0.29, 0.717) is 24.5 Å². The van der Waals surface area contributed by atoms with Crippen LogP contribution in [0.4, 0.5) is 0 Å². The lowest BCUT2D eigenvalue weighted by molar-refractivity contribution is 0.0944. The zero-order chi connectivity index (χ0) is 23.2. The number of carbonyl (C=O) groups is 1. The zero-order valence-electron chi connectivity index (χ0n) is 18.5. The summed E-state index contributed by atoms with van der Waals surface area (Å²) < 4.78 is 36.6. The molecule has 0 saturated carbocycles. The van der Waals surface area contributed by atoms with Crippen molar-refractivity contribution in [3.05, 3.63) is 64.8 Å². The Labute approximate surface area is 192 Å². The van der Waals surface area contributed by atoms with Crippen LogP contribution in [-0.4, -0.2) is 42.4 Å². The molecule has 0 radical (unpaired) electrons. The molecule has 1 N–H and O–H groups in total. The molecule has 2 aliphatic rings. The Kier molecular flexibility index (Phi) is 5.36. The van der Waals surface area contributed by atoms with Crippen LogP contribution in [0.3, 0.4) is 0 Å². The van der Waals surface area contributed by atoms with Gasteiger partial charge in [-0.25, -0.2) is 8.42 Å². The number of nitrogens with zero attached hydrogens (tertiary/aromatic N) is 2.